The highest BCUT2D eigenvalue weighted by molar-refractivity contribution is 6.26. The summed E-state index contributed by atoms with van der Waals surface area (Å²) in [6.07, 6.45) is 0. The molecule has 58 heavy (non-hydrogen) atoms. The van der Waals surface area contributed by atoms with Crippen LogP contribution in [0.3, 0.4) is 0 Å². The molecule has 2 aliphatic rings. The molecule has 1 spiro atoms. The van der Waals surface area contributed by atoms with Crippen LogP contribution in [0.4, 0.5) is 0 Å². The maximum atomic E-state index is 5.09. The number of hydrogen-bond acceptors (Lipinski definition) is 3. The molecule has 2 aromatic heterocycles. The molecule has 0 aliphatic heterocycles. The Kier molecular flexibility index (Phi) is 6.34. The summed E-state index contributed by atoms with van der Waals surface area (Å²) < 4.78 is 2.48. The molecule has 0 saturated heterocycles. The standard InChI is InChI=1S/C54H32N4/c1-3-14-34(15-4-1)51-55-52(35-16-5-2-6-17-35)57-53(56-51)41-22-11-19-36-32-37(29-30-38(36)41)58-46-27-13-26-45-49(46)50-47(58)31-28-33-18-12-25-44(48(33)50)54(45)42-23-9-7-20-39(42)40-21-8-10-24-43(40)54/h1-32H. The first-order valence-corrected chi connectivity index (χ1v) is 19.9. The van der Waals surface area contributed by atoms with Crippen LogP contribution in [0, 0.1) is 0 Å². The van der Waals surface area contributed by atoms with Gasteiger partial charge in [-0.25, -0.2) is 15.0 Å². The molecule has 0 atom stereocenters. The van der Waals surface area contributed by atoms with E-state index in [1.165, 1.54) is 66.0 Å². The van der Waals surface area contributed by atoms with Crippen LogP contribution in [0.5, 0.6) is 0 Å². The lowest BCUT2D eigenvalue weighted by molar-refractivity contribution is 0.783. The lowest BCUT2D eigenvalue weighted by atomic mass is 9.63. The molecule has 0 bridgehead atoms. The highest BCUT2D eigenvalue weighted by atomic mass is 15.0. The van der Waals surface area contributed by atoms with Gasteiger partial charge in [0.2, 0.25) is 0 Å². The van der Waals surface area contributed by atoms with E-state index in [9.17, 15) is 0 Å². The van der Waals surface area contributed by atoms with Crippen molar-refractivity contribution in [3.8, 4) is 51.0 Å². The number of benzene rings is 9. The van der Waals surface area contributed by atoms with Gasteiger partial charge in [-0.15, -0.1) is 0 Å². The van der Waals surface area contributed by atoms with Crippen LogP contribution >= 0.6 is 0 Å². The minimum atomic E-state index is -0.431. The molecular weight excluding hydrogens is 705 g/mol. The molecule has 0 saturated carbocycles. The molecule has 11 aromatic rings. The predicted molar refractivity (Wildman–Crippen MR) is 236 cm³/mol. The Hall–Kier alpha value is -7.69. The highest BCUT2D eigenvalue weighted by Gasteiger charge is 2.49. The van der Waals surface area contributed by atoms with Gasteiger partial charge in [0.25, 0.3) is 0 Å². The molecule has 9 aromatic carbocycles. The molecule has 13 rings (SSSR count). The van der Waals surface area contributed by atoms with Gasteiger partial charge in [0, 0.05) is 33.2 Å². The van der Waals surface area contributed by atoms with E-state index < -0.39 is 5.41 Å². The molecule has 0 N–H and O–H groups in total. The molecule has 268 valence electrons. The molecule has 0 fully saturated rings. The van der Waals surface area contributed by atoms with E-state index in [-0.39, 0.29) is 0 Å². The number of fused-ring (bicyclic) bond motifs is 8. The summed E-state index contributed by atoms with van der Waals surface area (Å²) in [7, 11) is 0. The molecule has 0 unspecified atom stereocenters. The molecule has 4 heteroatoms. The van der Waals surface area contributed by atoms with Crippen LogP contribution in [0.2, 0.25) is 0 Å². The van der Waals surface area contributed by atoms with E-state index in [0.717, 1.165) is 33.2 Å². The topological polar surface area (TPSA) is 43.6 Å². The van der Waals surface area contributed by atoms with Gasteiger partial charge in [-0.05, 0) is 79.2 Å². The first kappa shape index (κ1) is 31.5. The molecule has 0 radical (unpaired) electrons. The number of aromatic nitrogens is 4. The van der Waals surface area contributed by atoms with Crippen LogP contribution in [-0.2, 0) is 5.41 Å². The van der Waals surface area contributed by atoms with E-state index in [2.05, 4.69) is 162 Å². The quantitative estimate of drug-likeness (QED) is 0.181. The second kappa shape index (κ2) is 11.7. The van der Waals surface area contributed by atoms with E-state index in [1.807, 2.05) is 36.4 Å². The third kappa shape index (κ3) is 4.10. The average molecular weight is 737 g/mol. The van der Waals surface area contributed by atoms with Crippen molar-refractivity contribution in [3.05, 3.63) is 216 Å². The Labute approximate surface area is 334 Å². The summed E-state index contributed by atoms with van der Waals surface area (Å²) in [4.78, 5) is 15.1. The molecule has 2 heterocycles. The Morgan fingerprint density at radius 1 is 0.345 bits per heavy atom. The van der Waals surface area contributed by atoms with Gasteiger partial charge in [0.05, 0.1) is 16.4 Å². The van der Waals surface area contributed by atoms with Crippen LogP contribution in [0.1, 0.15) is 22.3 Å². The van der Waals surface area contributed by atoms with Crippen molar-refractivity contribution < 1.29 is 0 Å². The number of nitrogens with zero attached hydrogens (tertiary/aromatic N) is 4. The Balaban J connectivity index is 1.05. The summed E-state index contributed by atoms with van der Waals surface area (Å²) >= 11 is 0. The van der Waals surface area contributed by atoms with Gasteiger partial charge in [0.15, 0.2) is 17.5 Å². The van der Waals surface area contributed by atoms with Crippen molar-refractivity contribution >= 4 is 43.4 Å². The summed E-state index contributed by atoms with van der Waals surface area (Å²) in [6.45, 7) is 0. The van der Waals surface area contributed by atoms with Crippen molar-refractivity contribution in [2.45, 2.75) is 5.41 Å². The van der Waals surface area contributed by atoms with Crippen molar-refractivity contribution in [3.63, 3.8) is 0 Å². The van der Waals surface area contributed by atoms with Crippen molar-refractivity contribution in [1.29, 1.82) is 0 Å². The minimum absolute atomic E-state index is 0.431. The normalized spacial score (nSPS) is 13.3. The summed E-state index contributed by atoms with van der Waals surface area (Å²) in [5.74, 6) is 1.96. The smallest absolute Gasteiger partial charge is 0.164 e. The average Bonchev–Trinajstić information content (AvgIpc) is 3.80. The maximum Gasteiger partial charge on any atom is 0.164 e. The van der Waals surface area contributed by atoms with Crippen LogP contribution in [0.25, 0.3) is 94.3 Å². The fraction of sp³-hybridized carbons (Fsp3) is 0.0185. The van der Waals surface area contributed by atoms with E-state index in [4.69, 9.17) is 15.0 Å². The van der Waals surface area contributed by atoms with Crippen LogP contribution < -0.4 is 0 Å². The van der Waals surface area contributed by atoms with Gasteiger partial charge >= 0.3 is 0 Å². The zero-order valence-corrected chi connectivity index (χ0v) is 31.3. The zero-order chi connectivity index (χ0) is 38.0. The fourth-order valence-electron chi connectivity index (χ4n) is 10.3. The molecule has 0 amide bonds. The largest absolute Gasteiger partial charge is 0.309 e. The van der Waals surface area contributed by atoms with E-state index >= 15 is 0 Å². The van der Waals surface area contributed by atoms with E-state index in [0.29, 0.717) is 17.5 Å². The summed E-state index contributed by atoms with van der Waals surface area (Å²) in [6, 6.07) is 70.2. The van der Waals surface area contributed by atoms with Crippen LogP contribution in [0.15, 0.2) is 194 Å². The van der Waals surface area contributed by atoms with Gasteiger partial charge < -0.3 is 4.57 Å². The second-order valence-electron chi connectivity index (χ2n) is 15.5. The van der Waals surface area contributed by atoms with Gasteiger partial charge in [-0.2, -0.15) is 0 Å². The highest BCUT2D eigenvalue weighted by Crippen LogP contribution is 2.62. The van der Waals surface area contributed by atoms with Gasteiger partial charge in [-0.1, -0.05) is 170 Å². The maximum absolute atomic E-state index is 5.09. The molecular formula is C54H32N4. The SMILES string of the molecule is c1ccc(-c2nc(-c3ccccc3)nc(-c3cccc4cc(-n5c6cccc7c6c6c8c(cccc8ccc65)C75c6ccccc6-c6ccccc65)ccc34)n2)cc1. The van der Waals surface area contributed by atoms with Crippen molar-refractivity contribution in [1.82, 2.24) is 19.5 Å². The lowest BCUT2D eigenvalue weighted by Gasteiger charge is -2.37. The van der Waals surface area contributed by atoms with Gasteiger partial charge in [0.1, 0.15) is 0 Å². The number of hydrogen-bond donors (Lipinski definition) is 0. The Morgan fingerprint density at radius 3 is 1.59 bits per heavy atom. The first-order valence-electron chi connectivity index (χ1n) is 19.9. The second-order valence-corrected chi connectivity index (χ2v) is 15.5. The number of rotatable bonds is 4. The minimum Gasteiger partial charge on any atom is -0.309 e. The predicted octanol–water partition coefficient (Wildman–Crippen LogP) is 13.0. The fourth-order valence-corrected chi connectivity index (χ4v) is 10.3. The zero-order valence-electron chi connectivity index (χ0n) is 31.3. The Morgan fingerprint density at radius 2 is 0.879 bits per heavy atom. The lowest BCUT2D eigenvalue weighted by Crippen LogP contribution is -2.30. The summed E-state index contributed by atoms with van der Waals surface area (Å²) in [5.41, 5.74) is 14.0. The third-order valence-corrected chi connectivity index (χ3v) is 12.6. The van der Waals surface area contributed by atoms with Gasteiger partial charge in [-0.3, -0.25) is 0 Å². The molecule has 4 nitrogen and oxygen atoms in total. The summed E-state index contributed by atoms with van der Waals surface area (Å²) in [5, 5.41) is 7.48. The monoisotopic (exact) mass is 736 g/mol. The third-order valence-electron chi connectivity index (χ3n) is 12.6. The molecule has 2 aliphatic carbocycles. The van der Waals surface area contributed by atoms with Crippen molar-refractivity contribution in [2.75, 3.05) is 0 Å². The van der Waals surface area contributed by atoms with Crippen molar-refractivity contribution in [2.24, 2.45) is 0 Å². The first-order chi connectivity index (χ1) is 28.8. The van der Waals surface area contributed by atoms with Crippen LogP contribution in [-0.4, -0.2) is 19.5 Å². The van der Waals surface area contributed by atoms with E-state index in [1.54, 1.807) is 0 Å². The Bertz CT molecular complexity index is 3410.